The van der Waals surface area contributed by atoms with Crippen molar-refractivity contribution in [1.82, 2.24) is 5.32 Å². The first kappa shape index (κ1) is 22.7. The van der Waals surface area contributed by atoms with Gasteiger partial charge >= 0.3 is 0 Å². The van der Waals surface area contributed by atoms with Crippen LogP contribution in [-0.4, -0.2) is 52.0 Å². The lowest BCUT2D eigenvalue weighted by Gasteiger charge is -2.24. The zero-order valence-corrected chi connectivity index (χ0v) is 16.1. The van der Waals surface area contributed by atoms with Crippen LogP contribution in [0.25, 0.3) is 0 Å². The zero-order valence-electron chi connectivity index (χ0n) is 14.5. The summed E-state index contributed by atoms with van der Waals surface area (Å²) in [6.45, 7) is 6.07. The van der Waals surface area contributed by atoms with Gasteiger partial charge in [0.25, 0.3) is 0 Å². The maximum Gasteiger partial charge on any atom is 0.237 e. The maximum atomic E-state index is 11.9. The summed E-state index contributed by atoms with van der Waals surface area (Å²) in [6.07, 6.45) is 1.28. The molecule has 8 heteroatoms. The minimum atomic E-state index is -3.10. The molecule has 24 heavy (non-hydrogen) atoms. The van der Waals surface area contributed by atoms with E-state index in [0.717, 1.165) is 18.5 Å². The molecule has 0 saturated heterocycles. The van der Waals surface area contributed by atoms with E-state index in [9.17, 15) is 13.2 Å². The van der Waals surface area contributed by atoms with Gasteiger partial charge in [0.05, 0.1) is 11.8 Å². The highest BCUT2D eigenvalue weighted by atomic mass is 35.5. The second-order valence-electron chi connectivity index (χ2n) is 5.73. The lowest BCUT2D eigenvalue weighted by molar-refractivity contribution is -0.122. The van der Waals surface area contributed by atoms with Crippen molar-refractivity contribution >= 4 is 33.8 Å². The molecule has 0 saturated carbocycles. The van der Waals surface area contributed by atoms with Gasteiger partial charge in [-0.3, -0.25) is 4.79 Å². The molecular formula is C16H28ClN3O3S. The van der Waals surface area contributed by atoms with Crippen molar-refractivity contribution in [3.63, 3.8) is 0 Å². The Balaban J connectivity index is 0.00000529. The lowest BCUT2D eigenvalue weighted by atomic mass is 10.2. The summed E-state index contributed by atoms with van der Waals surface area (Å²) < 4.78 is 22.2. The molecule has 1 rings (SSSR count). The molecule has 0 aliphatic rings. The fraction of sp³-hybridized carbons (Fsp3) is 0.562. The Morgan fingerprint density at radius 1 is 1.38 bits per heavy atom. The highest BCUT2D eigenvalue weighted by Crippen LogP contribution is 2.14. The topological polar surface area (TPSA) is 92.5 Å². The van der Waals surface area contributed by atoms with Gasteiger partial charge in [-0.2, -0.15) is 0 Å². The largest absolute Gasteiger partial charge is 0.370 e. The molecule has 1 amide bonds. The highest BCUT2D eigenvalue weighted by molar-refractivity contribution is 7.90. The van der Waals surface area contributed by atoms with Crippen LogP contribution in [0.5, 0.6) is 0 Å². The van der Waals surface area contributed by atoms with Gasteiger partial charge in [-0.15, -0.1) is 12.4 Å². The Labute approximate surface area is 151 Å². The van der Waals surface area contributed by atoms with Crippen LogP contribution in [0.4, 0.5) is 5.69 Å². The molecule has 1 unspecified atom stereocenters. The zero-order chi connectivity index (χ0) is 17.5. The second kappa shape index (κ2) is 10.5. The number of aryl methyl sites for hydroxylation is 1. The van der Waals surface area contributed by atoms with Crippen LogP contribution in [0.2, 0.25) is 0 Å². The number of nitrogens with one attached hydrogen (secondary N) is 1. The Morgan fingerprint density at radius 3 is 2.58 bits per heavy atom. The molecule has 138 valence electrons. The van der Waals surface area contributed by atoms with E-state index in [1.165, 1.54) is 5.56 Å². The van der Waals surface area contributed by atoms with Crippen LogP contribution >= 0.6 is 12.4 Å². The molecule has 1 atom stereocenters. The molecular weight excluding hydrogens is 350 g/mol. The fourth-order valence-corrected chi connectivity index (χ4v) is 2.89. The van der Waals surface area contributed by atoms with E-state index in [1.54, 1.807) is 0 Å². The van der Waals surface area contributed by atoms with Crippen molar-refractivity contribution in [3.05, 3.63) is 29.8 Å². The predicted octanol–water partition coefficient (Wildman–Crippen LogP) is 1.12. The number of likely N-dealkylation sites (N-methyl/N-ethyl adjacent to an activating group) is 1. The minimum absolute atomic E-state index is 0. The van der Waals surface area contributed by atoms with Crippen molar-refractivity contribution in [2.75, 3.05) is 36.5 Å². The first-order chi connectivity index (χ1) is 10.7. The van der Waals surface area contributed by atoms with Crippen molar-refractivity contribution in [1.29, 1.82) is 0 Å². The average molecular weight is 378 g/mol. The Bertz CT molecular complexity index is 623. The molecule has 0 aromatic heterocycles. The number of halogens is 1. The molecule has 1 aromatic rings. The highest BCUT2D eigenvalue weighted by Gasteiger charge is 2.15. The summed E-state index contributed by atoms with van der Waals surface area (Å²) in [5.74, 6) is -0.389. The normalized spacial score (nSPS) is 12.2. The summed E-state index contributed by atoms with van der Waals surface area (Å²) in [4.78, 5) is 14.0. The number of amides is 1. The number of nitrogens with zero attached hydrogens (tertiary/aromatic N) is 1. The average Bonchev–Trinajstić information content (AvgIpc) is 2.48. The van der Waals surface area contributed by atoms with E-state index in [0.29, 0.717) is 13.1 Å². The first-order valence-corrected chi connectivity index (χ1v) is 9.81. The van der Waals surface area contributed by atoms with Crippen LogP contribution in [0.3, 0.4) is 0 Å². The molecule has 0 bridgehead atoms. The van der Waals surface area contributed by atoms with E-state index >= 15 is 0 Å². The number of anilines is 1. The third-order valence-corrected chi connectivity index (χ3v) is 4.54. The number of rotatable bonds is 9. The van der Waals surface area contributed by atoms with E-state index < -0.39 is 15.9 Å². The molecule has 0 radical (unpaired) electrons. The third-order valence-electron chi connectivity index (χ3n) is 3.57. The van der Waals surface area contributed by atoms with Crippen LogP contribution in [0.15, 0.2) is 24.3 Å². The van der Waals surface area contributed by atoms with Crippen molar-refractivity contribution in [2.45, 2.75) is 26.3 Å². The molecule has 0 heterocycles. The summed E-state index contributed by atoms with van der Waals surface area (Å²) in [5, 5.41) is 2.77. The fourth-order valence-electron chi connectivity index (χ4n) is 2.21. The van der Waals surface area contributed by atoms with Gasteiger partial charge < -0.3 is 16.0 Å². The van der Waals surface area contributed by atoms with Crippen LogP contribution in [0.1, 0.15) is 18.9 Å². The summed E-state index contributed by atoms with van der Waals surface area (Å²) in [6, 6.07) is 7.39. The standard InChI is InChI=1S/C16H27N3O3S.ClH/c1-4-19(14-7-5-6-13(2)12-14)10-9-18-16(20)15(17)8-11-23(3,21)22;/h5-7,12,15H,4,8-11,17H2,1-3H3,(H,18,20);1H. The number of hydrogen-bond donors (Lipinski definition) is 2. The van der Waals surface area contributed by atoms with Gasteiger partial charge in [-0.25, -0.2) is 8.42 Å². The van der Waals surface area contributed by atoms with Gasteiger partial charge in [0.1, 0.15) is 9.84 Å². The second-order valence-corrected chi connectivity index (χ2v) is 7.99. The molecule has 6 nitrogen and oxygen atoms in total. The van der Waals surface area contributed by atoms with Crippen molar-refractivity contribution in [3.8, 4) is 0 Å². The molecule has 0 fully saturated rings. The molecule has 0 spiro atoms. The van der Waals surface area contributed by atoms with Crippen molar-refractivity contribution < 1.29 is 13.2 Å². The van der Waals surface area contributed by atoms with E-state index in [4.69, 9.17) is 5.73 Å². The first-order valence-electron chi connectivity index (χ1n) is 7.75. The summed E-state index contributed by atoms with van der Waals surface area (Å²) in [7, 11) is -3.10. The van der Waals surface area contributed by atoms with Crippen LogP contribution in [-0.2, 0) is 14.6 Å². The quantitative estimate of drug-likeness (QED) is 0.672. The predicted molar refractivity (Wildman–Crippen MR) is 102 cm³/mol. The minimum Gasteiger partial charge on any atom is -0.370 e. The smallest absolute Gasteiger partial charge is 0.237 e. The molecule has 0 aliphatic carbocycles. The van der Waals surface area contributed by atoms with Gasteiger partial charge in [0.2, 0.25) is 5.91 Å². The van der Waals surface area contributed by atoms with E-state index in [-0.39, 0.29) is 30.5 Å². The molecule has 0 aliphatic heterocycles. The van der Waals surface area contributed by atoms with Crippen LogP contribution in [0, 0.1) is 6.92 Å². The SMILES string of the molecule is CCN(CCNC(=O)C(N)CCS(C)(=O)=O)c1cccc(C)c1.Cl. The van der Waals surface area contributed by atoms with E-state index in [1.807, 2.05) is 25.1 Å². The number of benzene rings is 1. The van der Waals surface area contributed by atoms with Crippen molar-refractivity contribution in [2.24, 2.45) is 5.73 Å². The van der Waals surface area contributed by atoms with Gasteiger partial charge in [0.15, 0.2) is 0 Å². The Morgan fingerprint density at radius 2 is 2.04 bits per heavy atom. The molecule has 3 N–H and O–H groups in total. The number of carbonyl (C=O) groups excluding carboxylic acids is 1. The summed E-state index contributed by atoms with van der Waals surface area (Å²) >= 11 is 0. The van der Waals surface area contributed by atoms with E-state index in [2.05, 4.69) is 23.2 Å². The number of nitrogens with two attached hydrogens (primary N) is 1. The Kier molecular flexibility index (Phi) is 9.96. The lowest BCUT2D eigenvalue weighted by Crippen LogP contribution is -2.44. The van der Waals surface area contributed by atoms with Gasteiger partial charge in [-0.05, 0) is 38.0 Å². The van der Waals surface area contributed by atoms with Gasteiger partial charge in [-0.1, -0.05) is 12.1 Å². The van der Waals surface area contributed by atoms with Gasteiger partial charge in [0, 0.05) is 31.6 Å². The monoisotopic (exact) mass is 377 g/mol. The number of carbonyl (C=O) groups is 1. The Hall–Kier alpha value is -1.31. The third kappa shape index (κ3) is 8.52. The number of sulfone groups is 1. The van der Waals surface area contributed by atoms with Crippen LogP contribution < -0.4 is 16.0 Å². The maximum absolute atomic E-state index is 11.9. The summed E-state index contributed by atoms with van der Waals surface area (Å²) in [5.41, 5.74) is 8.02. The number of hydrogen-bond acceptors (Lipinski definition) is 5. The molecule has 1 aromatic carbocycles.